The summed E-state index contributed by atoms with van der Waals surface area (Å²) in [5.74, 6) is -0.603. The molecule has 0 aliphatic carbocycles. The Morgan fingerprint density at radius 1 is 1.40 bits per heavy atom. The van der Waals surface area contributed by atoms with Crippen molar-refractivity contribution >= 4 is 31.6 Å². The molecule has 0 spiro atoms. The molecule has 0 unspecified atom stereocenters. The summed E-state index contributed by atoms with van der Waals surface area (Å²) < 4.78 is 38.9. The van der Waals surface area contributed by atoms with Crippen molar-refractivity contribution in [2.24, 2.45) is 0 Å². The number of sulfonamides is 1. The Morgan fingerprint density at radius 3 is 2.47 bits per heavy atom. The van der Waals surface area contributed by atoms with E-state index >= 15 is 0 Å². The van der Waals surface area contributed by atoms with Crippen LogP contribution in [0.1, 0.15) is 13.8 Å². The normalized spacial score (nSPS) is 11.8. The molecule has 0 atom stereocenters. The van der Waals surface area contributed by atoms with E-state index in [1.54, 1.807) is 6.07 Å². The zero-order chi connectivity index (χ0) is 11.6. The minimum Gasteiger partial charge on any atom is -0.279 e. The maximum atomic E-state index is 13.3. The topological polar surface area (TPSA) is 46.2 Å². The first-order chi connectivity index (χ1) is 6.84. The van der Waals surface area contributed by atoms with Crippen molar-refractivity contribution in [3.8, 4) is 0 Å². The zero-order valence-electron chi connectivity index (χ0n) is 8.29. The second-order valence-corrected chi connectivity index (χ2v) is 6.38. The third kappa shape index (κ3) is 2.92. The van der Waals surface area contributed by atoms with E-state index in [4.69, 9.17) is 0 Å². The van der Waals surface area contributed by atoms with Gasteiger partial charge in [-0.2, -0.15) is 0 Å². The van der Waals surface area contributed by atoms with Crippen molar-refractivity contribution in [2.75, 3.05) is 4.72 Å². The van der Waals surface area contributed by atoms with Crippen molar-refractivity contribution in [3.63, 3.8) is 0 Å². The third-order valence-electron chi connectivity index (χ3n) is 1.83. The highest BCUT2D eigenvalue weighted by Gasteiger charge is 2.18. The van der Waals surface area contributed by atoms with Crippen LogP contribution in [0.3, 0.4) is 0 Å². The van der Waals surface area contributed by atoms with Crippen molar-refractivity contribution in [3.05, 3.63) is 28.5 Å². The van der Waals surface area contributed by atoms with Crippen LogP contribution >= 0.6 is 15.9 Å². The molecule has 0 fully saturated rings. The van der Waals surface area contributed by atoms with Crippen LogP contribution in [0.4, 0.5) is 10.1 Å². The molecule has 0 saturated heterocycles. The van der Waals surface area contributed by atoms with Gasteiger partial charge in [-0.1, -0.05) is 6.07 Å². The number of benzene rings is 1. The molecule has 1 aromatic rings. The van der Waals surface area contributed by atoms with Gasteiger partial charge in [-0.25, -0.2) is 12.8 Å². The number of para-hydroxylation sites is 1. The van der Waals surface area contributed by atoms with Crippen LogP contribution in [0.25, 0.3) is 0 Å². The van der Waals surface area contributed by atoms with Crippen LogP contribution in [0.2, 0.25) is 0 Å². The molecule has 0 saturated carbocycles. The molecule has 0 amide bonds. The monoisotopic (exact) mass is 295 g/mol. The van der Waals surface area contributed by atoms with Gasteiger partial charge in [-0.3, -0.25) is 4.72 Å². The fourth-order valence-electron chi connectivity index (χ4n) is 0.855. The van der Waals surface area contributed by atoms with E-state index in [0.29, 0.717) is 4.47 Å². The van der Waals surface area contributed by atoms with Crippen LogP contribution < -0.4 is 4.72 Å². The maximum Gasteiger partial charge on any atom is 0.235 e. The lowest BCUT2D eigenvalue weighted by Crippen LogP contribution is -2.23. The molecule has 6 heteroatoms. The van der Waals surface area contributed by atoms with Crippen LogP contribution in [0.5, 0.6) is 0 Å². The Labute approximate surface area is 96.9 Å². The molecular weight excluding hydrogens is 285 g/mol. The molecule has 0 bridgehead atoms. The summed E-state index contributed by atoms with van der Waals surface area (Å²) in [7, 11) is -3.52. The molecular formula is C9H11BrFNO2S. The molecule has 1 aromatic carbocycles. The molecule has 1 N–H and O–H groups in total. The first-order valence-electron chi connectivity index (χ1n) is 4.30. The van der Waals surface area contributed by atoms with Gasteiger partial charge in [0.25, 0.3) is 0 Å². The molecule has 0 radical (unpaired) electrons. The lowest BCUT2D eigenvalue weighted by atomic mass is 10.3. The van der Waals surface area contributed by atoms with Gasteiger partial charge in [0.15, 0.2) is 0 Å². The first-order valence-corrected chi connectivity index (χ1v) is 6.64. The predicted molar refractivity (Wildman–Crippen MR) is 61.8 cm³/mol. The lowest BCUT2D eigenvalue weighted by molar-refractivity contribution is 0.590. The van der Waals surface area contributed by atoms with Crippen LogP contribution in [0.15, 0.2) is 22.7 Å². The second-order valence-electron chi connectivity index (χ2n) is 3.29. The Hall–Kier alpha value is -0.620. The van der Waals surface area contributed by atoms with Gasteiger partial charge in [0.05, 0.1) is 10.9 Å². The summed E-state index contributed by atoms with van der Waals surface area (Å²) >= 11 is 3.08. The highest BCUT2D eigenvalue weighted by atomic mass is 79.9. The van der Waals surface area contributed by atoms with E-state index in [-0.39, 0.29) is 5.69 Å². The third-order valence-corrected chi connectivity index (χ3v) is 4.22. The molecule has 1 rings (SSSR count). The average Bonchev–Trinajstić information content (AvgIpc) is 2.11. The SMILES string of the molecule is CC(C)S(=O)(=O)Nc1c(F)cccc1Br. The summed E-state index contributed by atoms with van der Waals surface area (Å²) in [6.07, 6.45) is 0. The van der Waals surface area contributed by atoms with E-state index in [2.05, 4.69) is 20.7 Å². The Kier molecular flexibility index (Phi) is 3.72. The summed E-state index contributed by atoms with van der Waals surface area (Å²) in [6.45, 7) is 3.05. The molecule has 3 nitrogen and oxygen atoms in total. The predicted octanol–water partition coefficient (Wildman–Crippen LogP) is 2.74. The molecule has 0 aliphatic heterocycles. The molecule has 0 heterocycles. The van der Waals surface area contributed by atoms with Crippen molar-refractivity contribution in [1.29, 1.82) is 0 Å². The zero-order valence-corrected chi connectivity index (χ0v) is 10.7. The Morgan fingerprint density at radius 2 is 2.00 bits per heavy atom. The van der Waals surface area contributed by atoms with E-state index < -0.39 is 21.1 Å². The standard InChI is InChI=1S/C9H11BrFNO2S/c1-6(2)15(13,14)12-9-7(10)4-3-5-8(9)11/h3-6,12H,1-2H3. The highest BCUT2D eigenvalue weighted by Crippen LogP contribution is 2.26. The van der Waals surface area contributed by atoms with Crippen LogP contribution in [0, 0.1) is 5.82 Å². The maximum absolute atomic E-state index is 13.3. The minimum absolute atomic E-state index is 0.0498. The van der Waals surface area contributed by atoms with Gasteiger partial charge in [0.1, 0.15) is 5.82 Å². The summed E-state index contributed by atoms with van der Waals surface area (Å²) in [6, 6.07) is 4.26. The first kappa shape index (κ1) is 12.4. The average molecular weight is 296 g/mol. The number of hydrogen-bond donors (Lipinski definition) is 1. The van der Waals surface area contributed by atoms with Gasteiger partial charge in [-0.05, 0) is 41.9 Å². The Bertz CT molecular complexity index is 439. The molecule has 84 valence electrons. The van der Waals surface area contributed by atoms with Gasteiger partial charge in [-0.15, -0.1) is 0 Å². The molecule has 0 aliphatic rings. The molecule has 15 heavy (non-hydrogen) atoms. The number of rotatable bonds is 3. The minimum atomic E-state index is -3.52. The number of nitrogens with one attached hydrogen (secondary N) is 1. The number of hydrogen-bond acceptors (Lipinski definition) is 2. The highest BCUT2D eigenvalue weighted by molar-refractivity contribution is 9.10. The van der Waals surface area contributed by atoms with Gasteiger partial charge >= 0.3 is 0 Å². The number of anilines is 1. The number of halogens is 2. The summed E-state index contributed by atoms with van der Waals surface area (Å²) in [5.41, 5.74) is -0.0498. The van der Waals surface area contributed by atoms with E-state index in [0.717, 1.165) is 0 Å². The second kappa shape index (κ2) is 4.49. The molecule has 0 aromatic heterocycles. The van der Waals surface area contributed by atoms with Crippen LogP contribution in [-0.2, 0) is 10.0 Å². The van der Waals surface area contributed by atoms with E-state index in [1.807, 2.05) is 0 Å². The summed E-state index contributed by atoms with van der Waals surface area (Å²) in [5, 5.41) is -0.607. The summed E-state index contributed by atoms with van der Waals surface area (Å²) in [4.78, 5) is 0. The van der Waals surface area contributed by atoms with Crippen LogP contribution in [-0.4, -0.2) is 13.7 Å². The van der Waals surface area contributed by atoms with Crippen molar-refractivity contribution in [2.45, 2.75) is 19.1 Å². The Balaban J connectivity index is 3.11. The van der Waals surface area contributed by atoms with E-state index in [1.165, 1.54) is 26.0 Å². The smallest absolute Gasteiger partial charge is 0.235 e. The van der Waals surface area contributed by atoms with Gasteiger partial charge in [0.2, 0.25) is 10.0 Å². The van der Waals surface area contributed by atoms with Gasteiger partial charge in [0, 0.05) is 4.47 Å². The quantitative estimate of drug-likeness (QED) is 0.932. The van der Waals surface area contributed by atoms with Crippen molar-refractivity contribution < 1.29 is 12.8 Å². The van der Waals surface area contributed by atoms with Crippen molar-refractivity contribution in [1.82, 2.24) is 0 Å². The largest absolute Gasteiger partial charge is 0.279 e. The van der Waals surface area contributed by atoms with Gasteiger partial charge < -0.3 is 0 Å². The fraction of sp³-hybridized carbons (Fsp3) is 0.333. The lowest BCUT2D eigenvalue weighted by Gasteiger charge is -2.12. The van der Waals surface area contributed by atoms with E-state index in [9.17, 15) is 12.8 Å². The fourth-order valence-corrected chi connectivity index (χ4v) is 2.16.